The van der Waals surface area contributed by atoms with Crippen LogP contribution in [0, 0.1) is 13.8 Å². The zero-order valence-electron chi connectivity index (χ0n) is 22.7. The number of methoxy groups -OCH3 is 3. The van der Waals surface area contributed by atoms with Gasteiger partial charge in [-0.2, -0.15) is 5.10 Å². The standard InChI is InChI=1S/C28H38N4O5/c1-7-12-29-28(34)31(13-14-35-4)18-27(33)32-24(22-10-11-25(36-5)26(16-22)37-6)17-23(30-32)21-9-8-19(2)20(3)15-21/h8-11,15-16,24H,7,12-14,17-18H2,1-6H3,(H,29,34)/t24-/m1/s1. The highest BCUT2D eigenvalue weighted by molar-refractivity contribution is 6.03. The van der Waals surface area contributed by atoms with Crippen LogP contribution in [0.4, 0.5) is 4.79 Å². The van der Waals surface area contributed by atoms with Crippen LogP contribution in [0.1, 0.15) is 48.1 Å². The van der Waals surface area contributed by atoms with Crippen molar-refractivity contribution in [2.45, 2.75) is 39.7 Å². The summed E-state index contributed by atoms with van der Waals surface area (Å²) in [4.78, 5) is 27.9. The summed E-state index contributed by atoms with van der Waals surface area (Å²) in [6.07, 6.45) is 1.33. The Balaban J connectivity index is 1.95. The molecule has 0 aliphatic carbocycles. The van der Waals surface area contributed by atoms with E-state index in [0.717, 1.165) is 28.8 Å². The minimum Gasteiger partial charge on any atom is -0.493 e. The van der Waals surface area contributed by atoms with Gasteiger partial charge in [0.1, 0.15) is 6.54 Å². The number of nitrogens with one attached hydrogen (secondary N) is 1. The number of carbonyl (C=O) groups excluding carboxylic acids is 2. The van der Waals surface area contributed by atoms with E-state index in [-0.39, 0.29) is 24.5 Å². The second-order valence-corrected chi connectivity index (χ2v) is 9.06. The van der Waals surface area contributed by atoms with Crippen LogP contribution in [-0.4, -0.2) is 75.1 Å². The summed E-state index contributed by atoms with van der Waals surface area (Å²) in [7, 11) is 4.73. The van der Waals surface area contributed by atoms with Gasteiger partial charge in [-0.15, -0.1) is 0 Å². The number of rotatable bonds is 11. The Morgan fingerprint density at radius 3 is 2.46 bits per heavy atom. The van der Waals surface area contributed by atoms with Crippen LogP contribution < -0.4 is 14.8 Å². The third kappa shape index (κ3) is 6.80. The first-order valence-electron chi connectivity index (χ1n) is 12.5. The number of urea groups is 1. The first-order chi connectivity index (χ1) is 17.8. The molecule has 200 valence electrons. The molecule has 0 fully saturated rings. The number of benzene rings is 2. The fourth-order valence-corrected chi connectivity index (χ4v) is 4.19. The summed E-state index contributed by atoms with van der Waals surface area (Å²) in [5, 5.41) is 9.13. The van der Waals surface area contributed by atoms with Gasteiger partial charge >= 0.3 is 6.03 Å². The molecule has 0 saturated carbocycles. The van der Waals surface area contributed by atoms with Crippen molar-refractivity contribution in [3.8, 4) is 11.5 Å². The second-order valence-electron chi connectivity index (χ2n) is 9.06. The fourth-order valence-electron chi connectivity index (χ4n) is 4.19. The predicted molar refractivity (Wildman–Crippen MR) is 143 cm³/mol. The molecule has 0 aromatic heterocycles. The molecule has 2 aromatic rings. The molecule has 37 heavy (non-hydrogen) atoms. The summed E-state index contributed by atoms with van der Waals surface area (Å²) in [5.74, 6) is 0.907. The second kappa shape index (κ2) is 13.1. The number of amides is 3. The summed E-state index contributed by atoms with van der Waals surface area (Å²) < 4.78 is 16.1. The Morgan fingerprint density at radius 1 is 1.05 bits per heavy atom. The van der Waals surface area contributed by atoms with Crippen molar-refractivity contribution in [1.82, 2.24) is 15.2 Å². The summed E-state index contributed by atoms with van der Waals surface area (Å²) in [6, 6.07) is 11.2. The Morgan fingerprint density at radius 2 is 1.81 bits per heavy atom. The lowest BCUT2D eigenvalue weighted by Gasteiger charge is -2.27. The lowest BCUT2D eigenvalue weighted by Crippen LogP contribution is -2.47. The quantitative estimate of drug-likeness (QED) is 0.492. The van der Waals surface area contributed by atoms with Crippen LogP contribution in [0.5, 0.6) is 11.5 Å². The zero-order chi connectivity index (χ0) is 26.9. The molecule has 0 unspecified atom stereocenters. The van der Waals surface area contributed by atoms with Gasteiger partial charge in [0, 0.05) is 26.6 Å². The molecule has 1 aliphatic heterocycles. The highest BCUT2D eigenvalue weighted by Gasteiger charge is 2.35. The number of ether oxygens (including phenoxy) is 3. The van der Waals surface area contributed by atoms with E-state index in [4.69, 9.17) is 19.3 Å². The molecule has 3 amide bonds. The fraction of sp³-hybridized carbons (Fsp3) is 0.464. The summed E-state index contributed by atoms with van der Waals surface area (Å²) in [5.41, 5.74) is 5.01. The molecule has 0 spiro atoms. The van der Waals surface area contributed by atoms with Gasteiger partial charge in [0.25, 0.3) is 5.91 Å². The van der Waals surface area contributed by atoms with Crippen molar-refractivity contribution in [2.75, 3.05) is 47.6 Å². The number of aryl methyl sites for hydroxylation is 2. The Kier molecular flexibility index (Phi) is 9.91. The van der Waals surface area contributed by atoms with E-state index < -0.39 is 0 Å². The molecule has 9 nitrogen and oxygen atoms in total. The molecule has 1 atom stereocenters. The molecule has 1 N–H and O–H groups in total. The van der Waals surface area contributed by atoms with E-state index in [2.05, 4.69) is 31.3 Å². The number of nitrogens with zero attached hydrogens (tertiary/aromatic N) is 3. The van der Waals surface area contributed by atoms with Gasteiger partial charge in [-0.25, -0.2) is 9.80 Å². The summed E-state index contributed by atoms with van der Waals surface area (Å²) >= 11 is 0. The number of carbonyl (C=O) groups is 2. The first-order valence-corrected chi connectivity index (χ1v) is 12.5. The molecular formula is C28H38N4O5. The maximum absolute atomic E-state index is 13.7. The maximum atomic E-state index is 13.7. The van der Waals surface area contributed by atoms with Gasteiger partial charge in [0.2, 0.25) is 0 Å². The van der Waals surface area contributed by atoms with E-state index in [9.17, 15) is 9.59 Å². The van der Waals surface area contributed by atoms with Crippen LogP contribution in [0.25, 0.3) is 0 Å². The largest absolute Gasteiger partial charge is 0.493 e. The smallest absolute Gasteiger partial charge is 0.317 e. The van der Waals surface area contributed by atoms with Gasteiger partial charge in [0.15, 0.2) is 11.5 Å². The third-order valence-electron chi connectivity index (χ3n) is 6.50. The van der Waals surface area contributed by atoms with Gasteiger partial charge in [0.05, 0.1) is 32.6 Å². The van der Waals surface area contributed by atoms with Crippen molar-refractivity contribution in [3.05, 3.63) is 58.7 Å². The summed E-state index contributed by atoms with van der Waals surface area (Å²) in [6.45, 7) is 7.13. The maximum Gasteiger partial charge on any atom is 0.317 e. The molecule has 2 aromatic carbocycles. The molecule has 9 heteroatoms. The van der Waals surface area contributed by atoms with E-state index >= 15 is 0 Å². The van der Waals surface area contributed by atoms with Crippen LogP contribution in [0.3, 0.4) is 0 Å². The van der Waals surface area contributed by atoms with Crippen LogP contribution in [-0.2, 0) is 9.53 Å². The van der Waals surface area contributed by atoms with E-state index in [1.807, 2.05) is 31.2 Å². The lowest BCUT2D eigenvalue weighted by molar-refractivity contribution is -0.133. The van der Waals surface area contributed by atoms with Gasteiger partial charge in [-0.1, -0.05) is 25.1 Å². The molecule has 3 rings (SSSR count). The van der Waals surface area contributed by atoms with Crippen LogP contribution >= 0.6 is 0 Å². The van der Waals surface area contributed by atoms with E-state index in [1.54, 1.807) is 21.3 Å². The molecule has 0 radical (unpaired) electrons. The van der Waals surface area contributed by atoms with Crippen molar-refractivity contribution < 1.29 is 23.8 Å². The molecule has 0 saturated heterocycles. The zero-order valence-corrected chi connectivity index (χ0v) is 22.7. The van der Waals surface area contributed by atoms with E-state index in [0.29, 0.717) is 37.6 Å². The minimum absolute atomic E-state index is 0.119. The minimum atomic E-state index is -0.355. The third-order valence-corrected chi connectivity index (χ3v) is 6.50. The SMILES string of the molecule is CCCNC(=O)N(CCOC)CC(=O)N1N=C(c2ccc(C)c(C)c2)C[C@@H]1c1ccc(OC)c(OC)c1. The van der Waals surface area contributed by atoms with Crippen LogP contribution in [0.15, 0.2) is 41.5 Å². The average Bonchev–Trinajstić information content (AvgIpc) is 3.36. The average molecular weight is 511 g/mol. The number of hydrazone groups is 1. The van der Waals surface area contributed by atoms with Crippen LogP contribution in [0.2, 0.25) is 0 Å². The van der Waals surface area contributed by atoms with Gasteiger partial charge < -0.3 is 24.4 Å². The highest BCUT2D eigenvalue weighted by Crippen LogP contribution is 2.37. The molecule has 1 aliphatic rings. The molecule has 0 bridgehead atoms. The monoisotopic (exact) mass is 510 g/mol. The van der Waals surface area contributed by atoms with Gasteiger partial charge in [-0.05, 0) is 60.7 Å². The highest BCUT2D eigenvalue weighted by atomic mass is 16.5. The number of hydrogen-bond donors (Lipinski definition) is 1. The Labute approximate surface area is 219 Å². The lowest BCUT2D eigenvalue weighted by atomic mass is 9.96. The van der Waals surface area contributed by atoms with Crippen molar-refractivity contribution in [1.29, 1.82) is 0 Å². The van der Waals surface area contributed by atoms with E-state index in [1.165, 1.54) is 15.5 Å². The predicted octanol–water partition coefficient (Wildman–Crippen LogP) is 4.07. The van der Waals surface area contributed by atoms with Crippen molar-refractivity contribution >= 4 is 17.6 Å². The molecular weight excluding hydrogens is 472 g/mol. The van der Waals surface area contributed by atoms with Crippen molar-refractivity contribution in [2.24, 2.45) is 5.10 Å². The Hall–Kier alpha value is -3.59. The molecule has 1 heterocycles. The Bertz CT molecular complexity index is 1130. The topological polar surface area (TPSA) is 92.7 Å². The van der Waals surface area contributed by atoms with Gasteiger partial charge in [-0.3, -0.25) is 4.79 Å². The normalized spacial score (nSPS) is 14.8. The number of hydrogen-bond acceptors (Lipinski definition) is 6. The van der Waals surface area contributed by atoms with Crippen molar-refractivity contribution in [3.63, 3.8) is 0 Å². The first kappa shape index (κ1) is 28.0.